The van der Waals surface area contributed by atoms with E-state index in [2.05, 4.69) is 15.1 Å². The highest BCUT2D eigenvalue weighted by molar-refractivity contribution is 5.93. The molecule has 1 amide bonds. The van der Waals surface area contributed by atoms with E-state index in [-0.39, 0.29) is 11.8 Å². The molecule has 1 aliphatic rings. The van der Waals surface area contributed by atoms with Gasteiger partial charge in [-0.3, -0.25) is 14.8 Å². The van der Waals surface area contributed by atoms with E-state index in [0.29, 0.717) is 5.56 Å². The first-order valence-electron chi connectivity index (χ1n) is 7.00. The quantitative estimate of drug-likeness (QED) is 0.794. The van der Waals surface area contributed by atoms with Gasteiger partial charge in [0.1, 0.15) is 5.75 Å². The highest BCUT2D eigenvalue weighted by Crippen LogP contribution is 2.33. The molecule has 0 bridgehead atoms. The smallest absolute Gasteiger partial charge is 0.252 e. The van der Waals surface area contributed by atoms with E-state index in [1.165, 1.54) is 6.20 Å². The molecule has 0 unspecified atom stereocenters. The number of H-pyrrole nitrogens is 1. The monoisotopic (exact) mass is 286 g/mol. The van der Waals surface area contributed by atoms with E-state index >= 15 is 0 Å². The SMILES string of the molecule is NC(=O)c1cn[nH]c1[C@@H]1CCCN1Cc1ccc(O)cc1. The summed E-state index contributed by atoms with van der Waals surface area (Å²) in [6.07, 6.45) is 3.54. The molecule has 1 aliphatic heterocycles. The molecule has 1 fully saturated rings. The third-order valence-corrected chi connectivity index (χ3v) is 3.95. The number of rotatable bonds is 4. The fourth-order valence-corrected chi connectivity index (χ4v) is 2.92. The highest BCUT2D eigenvalue weighted by Gasteiger charge is 2.30. The zero-order valence-corrected chi connectivity index (χ0v) is 11.6. The number of hydrogen-bond donors (Lipinski definition) is 3. The third kappa shape index (κ3) is 2.75. The van der Waals surface area contributed by atoms with Crippen molar-refractivity contribution in [3.8, 4) is 5.75 Å². The van der Waals surface area contributed by atoms with Crippen LogP contribution in [0.25, 0.3) is 0 Å². The predicted molar refractivity (Wildman–Crippen MR) is 77.6 cm³/mol. The number of likely N-dealkylation sites (tertiary alicyclic amines) is 1. The highest BCUT2D eigenvalue weighted by atomic mass is 16.3. The van der Waals surface area contributed by atoms with Crippen LogP contribution >= 0.6 is 0 Å². The van der Waals surface area contributed by atoms with Gasteiger partial charge in [0, 0.05) is 6.54 Å². The maximum absolute atomic E-state index is 11.5. The van der Waals surface area contributed by atoms with Gasteiger partial charge in [0.15, 0.2) is 0 Å². The van der Waals surface area contributed by atoms with Crippen LogP contribution in [-0.2, 0) is 6.54 Å². The number of primary amides is 1. The number of nitrogens with two attached hydrogens (primary N) is 1. The van der Waals surface area contributed by atoms with E-state index in [1.54, 1.807) is 12.1 Å². The lowest BCUT2D eigenvalue weighted by molar-refractivity contribution is 0.0997. The molecule has 2 aromatic rings. The van der Waals surface area contributed by atoms with Gasteiger partial charge in [-0.05, 0) is 37.1 Å². The standard InChI is InChI=1S/C15H18N4O2/c16-15(21)12-8-17-18-14(12)13-2-1-7-19(13)9-10-3-5-11(20)6-4-10/h3-6,8,13,20H,1-2,7,9H2,(H2,16,21)(H,17,18)/t13-/m0/s1. The van der Waals surface area contributed by atoms with Crippen LogP contribution < -0.4 is 5.73 Å². The van der Waals surface area contributed by atoms with Crippen LogP contribution in [0, 0.1) is 0 Å². The fourth-order valence-electron chi connectivity index (χ4n) is 2.92. The average Bonchev–Trinajstić information content (AvgIpc) is 3.09. The van der Waals surface area contributed by atoms with Gasteiger partial charge >= 0.3 is 0 Å². The summed E-state index contributed by atoms with van der Waals surface area (Å²) in [5.74, 6) is -0.184. The second-order valence-electron chi connectivity index (χ2n) is 5.36. The third-order valence-electron chi connectivity index (χ3n) is 3.95. The number of carbonyl (C=O) groups is 1. The number of nitrogens with zero attached hydrogens (tertiary/aromatic N) is 2. The van der Waals surface area contributed by atoms with Crippen LogP contribution in [0.5, 0.6) is 5.75 Å². The van der Waals surface area contributed by atoms with Gasteiger partial charge < -0.3 is 10.8 Å². The van der Waals surface area contributed by atoms with Gasteiger partial charge in [0.05, 0.1) is 23.5 Å². The van der Waals surface area contributed by atoms with Crippen LogP contribution in [0.2, 0.25) is 0 Å². The van der Waals surface area contributed by atoms with Gasteiger partial charge in [0.25, 0.3) is 5.91 Å². The zero-order valence-electron chi connectivity index (χ0n) is 11.6. The Morgan fingerprint density at radius 1 is 1.43 bits per heavy atom. The lowest BCUT2D eigenvalue weighted by Crippen LogP contribution is -2.25. The zero-order chi connectivity index (χ0) is 14.8. The minimum atomic E-state index is -0.449. The number of nitrogens with one attached hydrogen (secondary N) is 1. The Kier molecular flexibility index (Phi) is 3.62. The van der Waals surface area contributed by atoms with E-state index in [4.69, 9.17) is 5.73 Å². The van der Waals surface area contributed by atoms with E-state index < -0.39 is 5.91 Å². The topological polar surface area (TPSA) is 95.2 Å². The lowest BCUT2D eigenvalue weighted by atomic mass is 10.1. The van der Waals surface area contributed by atoms with Crippen molar-refractivity contribution < 1.29 is 9.90 Å². The van der Waals surface area contributed by atoms with Crippen LogP contribution in [0.1, 0.15) is 40.5 Å². The van der Waals surface area contributed by atoms with E-state index in [1.807, 2.05) is 12.1 Å². The summed E-state index contributed by atoms with van der Waals surface area (Å²) in [5.41, 5.74) is 7.80. The minimum absolute atomic E-state index is 0.129. The van der Waals surface area contributed by atoms with E-state index in [9.17, 15) is 9.90 Å². The second-order valence-corrected chi connectivity index (χ2v) is 5.36. The Morgan fingerprint density at radius 3 is 2.90 bits per heavy atom. The van der Waals surface area contributed by atoms with Crippen molar-refractivity contribution in [2.24, 2.45) is 5.73 Å². The van der Waals surface area contributed by atoms with Gasteiger partial charge in [-0.25, -0.2) is 0 Å². The molecular formula is C15H18N4O2. The number of aromatic hydroxyl groups is 1. The summed E-state index contributed by atoms with van der Waals surface area (Å²) >= 11 is 0. The van der Waals surface area contributed by atoms with Crippen molar-refractivity contribution in [2.45, 2.75) is 25.4 Å². The summed E-state index contributed by atoms with van der Waals surface area (Å²) in [5, 5.41) is 16.2. The molecule has 6 nitrogen and oxygen atoms in total. The Labute approximate surface area is 122 Å². The van der Waals surface area contributed by atoms with Crippen molar-refractivity contribution in [1.82, 2.24) is 15.1 Å². The predicted octanol–water partition coefficient (Wildman–Crippen LogP) is 1.55. The van der Waals surface area contributed by atoms with Crippen molar-refractivity contribution in [3.05, 3.63) is 47.3 Å². The number of aromatic nitrogens is 2. The van der Waals surface area contributed by atoms with Crippen molar-refractivity contribution in [1.29, 1.82) is 0 Å². The Morgan fingerprint density at radius 2 is 2.19 bits per heavy atom. The normalized spacial score (nSPS) is 19.0. The number of amides is 1. The molecular weight excluding hydrogens is 268 g/mol. The van der Waals surface area contributed by atoms with Crippen LogP contribution in [0.15, 0.2) is 30.5 Å². The van der Waals surface area contributed by atoms with Crippen LogP contribution in [0.4, 0.5) is 0 Å². The molecule has 6 heteroatoms. The molecule has 0 aliphatic carbocycles. The number of hydrogen-bond acceptors (Lipinski definition) is 4. The summed E-state index contributed by atoms with van der Waals surface area (Å²) in [4.78, 5) is 13.8. The maximum Gasteiger partial charge on any atom is 0.252 e. The molecule has 1 aromatic carbocycles. The molecule has 21 heavy (non-hydrogen) atoms. The van der Waals surface area contributed by atoms with Gasteiger partial charge in [-0.2, -0.15) is 5.10 Å². The lowest BCUT2D eigenvalue weighted by Gasteiger charge is -2.24. The van der Waals surface area contributed by atoms with Crippen molar-refractivity contribution in [2.75, 3.05) is 6.54 Å². The molecule has 1 saturated heterocycles. The molecule has 0 spiro atoms. The number of carbonyl (C=O) groups excluding carboxylic acids is 1. The van der Waals surface area contributed by atoms with Gasteiger partial charge in [-0.15, -0.1) is 0 Å². The number of aromatic amines is 1. The summed E-state index contributed by atoms with van der Waals surface area (Å²) in [6.45, 7) is 1.73. The maximum atomic E-state index is 11.5. The number of benzene rings is 1. The fraction of sp³-hybridized carbons (Fsp3) is 0.333. The summed E-state index contributed by atoms with van der Waals surface area (Å²) < 4.78 is 0. The van der Waals surface area contributed by atoms with Crippen LogP contribution in [-0.4, -0.2) is 32.7 Å². The van der Waals surface area contributed by atoms with Crippen molar-refractivity contribution >= 4 is 5.91 Å². The molecule has 1 atom stereocenters. The van der Waals surface area contributed by atoms with Crippen molar-refractivity contribution in [3.63, 3.8) is 0 Å². The molecule has 4 N–H and O–H groups in total. The van der Waals surface area contributed by atoms with Crippen LogP contribution in [0.3, 0.4) is 0 Å². The molecule has 110 valence electrons. The summed E-state index contributed by atoms with van der Waals surface area (Å²) in [6, 6.07) is 7.32. The van der Waals surface area contributed by atoms with Gasteiger partial charge in [0.2, 0.25) is 0 Å². The Hall–Kier alpha value is -2.34. The number of phenolic OH excluding ortho intramolecular Hbond substituents is 1. The Balaban J connectivity index is 1.80. The second kappa shape index (κ2) is 5.57. The average molecular weight is 286 g/mol. The molecule has 2 heterocycles. The first-order chi connectivity index (χ1) is 10.1. The number of phenols is 1. The van der Waals surface area contributed by atoms with E-state index in [0.717, 1.165) is 37.2 Å². The molecule has 1 aromatic heterocycles. The first-order valence-corrected chi connectivity index (χ1v) is 7.00. The summed E-state index contributed by atoms with van der Waals surface area (Å²) in [7, 11) is 0. The Bertz CT molecular complexity index is 635. The minimum Gasteiger partial charge on any atom is -0.508 e. The molecule has 0 radical (unpaired) electrons. The molecule has 0 saturated carbocycles. The largest absolute Gasteiger partial charge is 0.508 e. The van der Waals surface area contributed by atoms with Gasteiger partial charge in [-0.1, -0.05) is 12.1 Å². The molecule has 3 rings (SSSR count). The first kappa shape index (κ1) is 13.6.